The second-order valence-corrected chi connectivity index (χ2v) is 9.59. The van der Waals surface area contributed by atoms with Gasteiger partial charge in [0.15, 0.2) is 11.5 Å². The number of rotatable bonds is 10. The maximum absolute atomic E-state index is 12.8. The fourth-order valence-corrected chi connectivity index (χ4v) is 4.01. The number of halogens is 3. The third-order valence-corrected chi connectivity index (χ3v) is 6.25. The first kappa shape index (κ1) is 28.3. The average molecular weight is 563 g/mol. The molecule has 3 rings (SSSR count). The molecule has 0 aliphatic rings. The molecule has 0 saturated carbocycles. The van der Waals surface area contributed by atoms with Crippen LogP contribution in [0.2, 0.25) is 15.1 Å². The number of benzene rings is 3. The van der Waals surface area contributed by atoms with Crippen molar-refractivity contribution in [3.8, 4) is 11.5 Å². The molecule has 2 amide bonds. The summed E-state index contributed by atoms with van der Waals surface area (Å²) in [5.41, 5.74) is 4.21. The van der Waals surface area contributed by atoms with E-state index in [2.05, 4.69) is 15.8 Å². The van der Waals surface area contributed by atoms with Crippen LogP contribution in [0.4, 0.5) is 0 Å². The first-order chi connectivity index (χ1) is 17.7. The lowest BCUT2D eigenvalue weighted by molar-refractivity contribution is -0.123. The molecule has 0 heterocycles. The Balaban J connectivity index is 1.63. The summed E-state index contributed by atoms with van der Waals surface area (Å²) in [6.45, 7) is 3.90. The molecule has 0 saturated heterocycles. The number of nitrogens with zero attached hydrogens (tertiary/aromatic N) is 1. The number of methoxy groups -OCH3 is 1. The monoisotopic (exact) mass is 561 g/mol. The van der Waals surface area contributed by atoms with Crippen molar-refractivity contribution in [2.45, 2.75) is 26.5 Å². The van der Waals surface area contributed by atoms with Crippen molar-refractivity contribution in [2.75, 3.05) is 7.11 Å². The first-order valence-corrected chi connectivity index (χ1v) is 12.5. The summed E-state index contributed by atoms with van der Waals surface area (Å²) in [7, 11) is 1.53. The highest BCUT2D eigenvalue weighted by atomic mass is 35.5. The van der Waals surface area contributed by atoms with Crippen molar-refractivity contribution in [1.29, 1.82) is 0 Å². The van der Waals surface area contributed by atoms with Crippen molar-refractivity contribution in [2.24, 2.45) is 11.0 Å². The highest BCUT2D eigenvalue weighted by Gasteiger charge is 2.25. The summed E-state index contributed by atoms with van der Waals surface area (Å²) < 4.78 is 11.3. The van der Waals surface area contributed by atoms with E-state index in [1.54, 1.807) is 30.3 Å². The standard InChI is InChI=1S/C27H26Cl3N3O4/c1-16(2)25(32-26(34)20-10-9-19(28)13-22(20)30)27(35)33-31-14-17-8-11-23(24(12-17)36-3)37-15-18-6-4-5-7-21(18)29/h4-14,16,25H,15H2,1-3H3,(H,32,34)(H,33,35). The molecule has 0 bridgehead atoms. The minimum absolute atomic E-state index is 0.194. The lowest BCUT2D eigenvalue weighted by atomic mass is 10.0. The molecule has 0 radical (unpaired) electrons. The normalized spacial score (nSPS) is 11.9. The van der Waals surface area contributed by atoms with E-state index in [-0.39, 0.29) is 23.1 Å². The molecule has 7 nitrogen and oxygen atoms in total. The molecule has 37 heavy (non-hydrogen) atoms. The third-order valence-electron chi connectivity index (χ3n) is 5.33. The minimum atomic E-state index is -0.841. The summed E-state index contributed by atoms with van der Waals surface area (Å²) in [6.07, 6.45) is 1.47. The lowest BCUT2D eigenvalue weighted by Crippen LogP contribution is -2.48. The van der Waals surface area contributed by atoms with Crippen molar-refractivity contribution in [3.63, 3.8) is 0 Å². The highest BCUT2D eigenvalue weighted by Crippen LogP contribution is 2.29. The summed E-state index contributed by atoms with van der Waals surface area (Å²) >= 11 is 18.2. The number of nitrogens with one attached hydrogen (secondary N) is 2. The number of amides is 2. The van der Waals surface area contributed by atoms with Crippen LogP contribution in [-0.2, 0) is 11.4 Å². The summed E-state index contributed by atoms with van der Waals surface area (Å²) in [5, 5.41) is 7.95. The van der Waals surface area contributed by atoms with Gasteiger partial charge in [0.2, 0.25) is 0 Å². The number of ether oxygens (including phenoxy) is 2. The molecule has 0 aliphatic carbocycles. The fourth-order valence-electron chi connectivity index (χ4n) is 3.32. The topological polar surface area (TPSA) is 89.0 Å². The van der Waals surface area contributed by atoms with Gasteiger partial charge in [0.1, 0.15) is 12.6 Å². The minimum Gasteiger partial charge on any atom is -0.493 e. The molecule has 0 aliphatic heterocycles. The Bertz CT molecular complexity index is 1300. The maximum Gasteiger partial charge on any atom is 0.262 e. The Labute approximate surface area is 230 Å². The van der Waals surface area contributed by atoms with Crippen LogP contribution in [0.3, 0.4) is 0 Å². The van der Waals surface area contributed by atoms with Crippen LogP contribution in [-0.4, -0.2) is 31.2 Å². The van der Waals surface area contributed by atoms with Gasteiger partial charge >= 0.3 is 0 Å². The lowest BCUT2D eigenvalue weighted by Gasteiger charge is -2.20. The van der Waals surface area contributed by atoms with Crippen LogP contribution in [0.15, 0.2) is 65.8 Å². The van der Waals surface area contributed by atoms with Crippen LogP contribution in [0, 0.1) is 5.92 Å². The number of hydrogen-bond donors (Lipinski definition) is 2. The Morgan fingerprint density at radius 1 is 0.973 bits per heavy atom. The molecule has 3 aromatic rings. The van der Waals surface area contributed by atoms with Gasteiger partial charge in [-0.25, -0.2) is 5.43 Å². The number of carbonyl (C=O) groups excluding carboxylic acids is 2. The van der Waals surface area contributed by atoms with Gasteiger partial charge in [-0.1, -0.05) is 66.8 Å². The number of hydrogen-bond acceptors (Lipinski definition) is 5. The number of hydrazone groups is 1. The van der Waals surface area contributed by atoms with E-state index in [1.165, 1.54) is 25.5 Å². The predicted octanol–water partition coefficient (Wildman–Crippen LogP) is 6.14. The van der Waals surface area contributed by atoms with Crippen LogP contribution < -0.4 is 20.2 Å². The fraction of sp³-hybridized carbons (Fsp3) is 0.222. The van der Waals surface area contributed by atoms with E-state index in [4.69, 9.17) is 44.3 Å². The zero-order chi connectivity index (χ0) is 26.9. The number of carbonyl (C=O) groups is 2. The quantitative estimate of drug-likeness (QED) is 0.229. The Hall–Kier alpha value is -3.26. The molecule has 0 aromatic heterocycles. The van der Waals surface area contributed by atoms with Gasteiger partial charge in [-0.15, -0.1) is 0 Å². The average Bonchev–Trinajstić information content (AvgIpc) is 2.86. The van der Waals surface area contributed by atoms with Crippen molar-refractivity contribution in [1.82, 2.24) is 10.7 Å². The largest absolute Gasteiger partial charge is 0.493 e. The maximum atomic E-state index is 12.8. The first-order valence-electron chi connectivity index (χ1n) is 11.3. The van der Waals surface area contributed by atoms with Crippen LogP contribution >= 0.6 is 34.8 Å². The van der Waals surface area contributed by atoms with Gasteiger partial charge in [0, 0.05) is 15.6 Å². The van der Waals surface area contributed by atoms with Crippen LogP contribution in [0.25, 0.3) is 0 Å². The summed E-state index contributed by atoms with van der Waals surface area (Å²) in [4.78, 5) is 25.4. The molecule has 1 atom stereocenters. The predicted molar refractivity (Wildman–Crippen MR) is 147 cm³/mol. The third kappa shape index (κ3) is 7.86. The van der Waals surface area contributed by atoms with E-state index in [0.29, 0.717) is 27.1 Å². The van der Waals surface area contributed by atoms with Crippen molar-refractivity contribution in [3.05, 3.63) is 92.4 Å². The Morgan fingerprint density at radius 2 is 1.73 bits per heavy atom. The summed E-state index contributed by atoms with van der Waals surface area (Å²) in [5.74, 6) is -0.144. The second-order valence-electron chi connectivity index (χ2n) is 8.34. The molecule has 194 valence electrons. The van der Waals surface area contributed by atoms with Crippen molar-refractivity contribution >= 4 is 52.8 Å². The van der Waals surface area contributed by atoms with E-state index in [0.717, 1.165) is 5.56 Å². The van der Waals surface area contributed by atoms with Gasteiger partial charge in [-0.2, -0.15) is 5.10 Å². The van der Waals surface area contributed by atoms with Gasteiger partial charge in [0.25, 0.3) is 11.8 Å². The van der Waals surface area contributed by atoms with Crippen LogP contribution in [0.1, 0.15) is 35.3 Å². The summed E-state index contributed by atoms with van der Waals surface area (Å²) in [6, 6.07) is 16.3. The smallest absolute Gasteiger partial charge is 0.262 e. The van der Waals surface area contributed by atoms with Gasteiger partial charge < -0.3 is 14.8 Å². The molecule has 3 aromatic carbocycles. The molecular weight excluding hydrogens is 537 g/mol. The molecule has 0 fully saturated rings. The van der Waals surface area contributed by atoms with E-state index < -0.39 is 17.9 Å². The van der Waals surface area contributed by atoms with Crippen molar-refractivity contribution < 1.29 is 19.1 Å². The molecule has 10 heteroatoms. The Kier molecular flexibility index (Phi) is 10.2. The van der Waals surface area contributed by atoms with E-state index in [9.17, 15) is 9.59 Å². The van der Waals surface area contributed by atoms with E-state index >= 15 is 0 Å². The Morgan fingerprint density at radius 3 is 2.41 bits per heavy atom. The molecule has 1 unspecified atom stereocenters. The van der Waals surface area contributed by atoms with Gasteiger partial charge in [-0.05, 0) is 53.9 Å². The molecule has 2 N–H and O–H groups in total. The van der Waals surface area contributed by atoms with Gasteiger partial charge in [-0.3, -0.25) is 9.59 Å². The highest BCUT2D eigenvalue weighted by molar-refractivity contribution is 6.36. The SMILES string of the molecule is COc1cc(C=NNC(=O)C(NC(=O)c2ccc(Cl)cc2Cl)C(C)C)ccc1OCc1ccccc1Cl. The molecule has 0 spiro atoms. The molecular formula is C27H26Cl3N3O4. The zero-order valence-corrected chi connectivity index (χ0v) is 22.7. The van der Waals surface area contributed by atoms with Gasteiger partial charge in [0.05, 0.1) is 23.9 Å². The zero-order valence-electron chi connectivity index (χ0n) is 20.4. The second kappa shape index (κ2) is 13.3. The van der Waals surface area contributed by atoms with E-state index in [1.807, 2.05) is 32.0 Å². The van der Waals surface area contributed by atoms with Crippen LogP contribution in [0.5, 0.6) is 11.5 Å².